The smallest absolute Gasteiger partial charge is 0.377 e. The van der Waals surface area contributed by atoms with Crippen molar-refractivity contribution in [3.05, 3.63) is 0 Å². The number of alkyl halides is 9. The molecule has 0 radical (unpaired) electrons. The molecule has 1 rings (SSSR count). The number of ketones is 1. The topological polar surface area (TPSA) is 37.3 Å². The van der Waals surface area contributed by atoms with Gasteiger partial charge in [-0.05, 0) is 0 Å². The molecular weight excluding hydrogens is 287 g/mol. The lowest BCUT2D eigenvalue weighted by molar-refractivity contribution is -0.489. The van der Waals surface area contributed by atoms with Crippen LogP contribution in [-0.4, -0.2) is 40.4 Å². The highest BCUT2D eigenvalue weighted by Crippen LogP contribution is 2.68. The van der Waals surface area contributed by atoms with Crippen LogP contribution in [0, 0.1) is 0 Å². The second-order valence-electron chi connectivity index (χ2n) is 3.68. The molecule has 11 heteroatoms. The Morgan fingerprint density at radius 1 is 0.889 bits per heavy atom. The summed E-state index contributed by atoms with van der Waals surface area (Å²) in [5.41, 5.74) is -5.06. The van der Waals surface area contributed by atoms with Gasteiger partial charge < -0.3 is 5.11 Å². The predicted octanol–water partition coefficient (Wildman–Crippen LogP) is 2.16. The molecule has 1 fully saturated rings. The first-order chi connectivity index (χ1) is 7.63. The molecule has 0 saturated heterocycles. The Kier molecular flexibility index (Phi) is 2.77. The van der Waals surface area contributed by atoms with Crippen LogP contribution in [0.25, 0.3) is 0 Å². The van der Waals surface area contributed by atoms with Crippen molar-refractivity contribution < 1.29 is 49.4 Å². The lowest BCUT2D eigenvalue weighted by atomic mass is 9.65. The van der Waals surface area contributed by atoms with Crippen molar-refractivity contribution in [2.24, 2.45) is 0 Å². The molecule has 0 atom stereocenters. The van der Waals surface area contributed by atoms with Crippen LogP contribution in [0.5, 0.6) is 0 Å². The molecule has 0 heterocycles. The van der Waals surface area contributed by atoms with Gasteiger partial charge in [-0.3, -0.25) is 4.79 Å². The van der Waals surface area contributed by atoms with Crippen molar-refractivity contribution in [3.63, 3.8) is 0 Å². The Bertz CT molecular complexity index is 365. The summed E-state index contributed by atoms with van der Waals surface area (Å²) in [4.78, 5) is 10.3. The van der Waals surface area contributed by atoms with Crippen LogP contribution in [0.2, 0.25) is 0 Å². The van der Waals surface area contributed by atoms with E-state index in [1.807, 2.05) is 0 Å². The van der Waals surface area contributed by atoms with Gasteiger partial charge in [-0.15, -0.1) is 0 Å². The number of carbonyl (C=O) groups excluding carboxylic acids is 1. The summed E-state index contributed by atoms with van der Waals surface area (Å²) >= 11 is 0. The van der Waals surface area contributed by atoms with E-state index in [0.29, 0.717) is 0 Å². The van der Waals surface area contributed by atoms with Crippen molar-refractivity contribution >= 4 is 5.78 Å². The zero-order chi connectivity index (χ0) is 14.8. The number of carbonyl (C=O) groups is 1. The van der Waals surface area contributed by atoms with Crippen LogP contribution < -0.4 is 0 Å². The number of rotatable bonds is 2. The van der Waals surface area contributed by atoms with Crippen LogP contribution in [0.4, 0.5) is 39.5 Å². The maximum Gasteiger partial charge on any atom is 0.450 e. The summed E-state index contributed by atoms with van der Waals surface area (Å²) in [7, 11) is 0. The number of hydrogen-bond acceptors (Lipinski definition) is 2. The summed E-state index contributed by atoms with van der Waals surface area (Å²) in [6.45, 7) is 0. The second-order valence-corrected chi connectivity index (χ2v) is 3.68. The van der Waals surface area contributed by atoms with Crippen LogP contribution in [0.3, 0.4) is 0 Å². The van der Waals surface area contributed by atoms with Gasteiger partial charge in [-0.25, -0.2) is 0 Å². The first kappa shape index (κ1) is 15.1. The minimum Gasteiger partial charge on any atom is -0.377 e. The van der Waals surface area contributed by atoms with Crippen molar-refractivity contribution in [3.8, 4) is 0 Å². The molecule has 0 bridgehead atoms. The van der Waals surface area contributed by atoms with Crippen LogP contribution in [-0.2, 0) is 4.79 Å². The molecule has 2 nitrogen and oxygen atoms in total. The molecular formula is C7H3F9O2. The van der Waals surface area contributed by atoms with Gasteiger partial charge in [0.25, 0.3) is 0 Å². The molecule has 0 spiro atoms. The van der Waals surface area contributed by atoms with Gasteiger partial charge in [0.2, 0.25) is 11.4 Å². The summed E-state index contributed by atoms with van der Waals surface area (Å²) in [6.07, 6.45) is -8.65. The average molecular weight is 290 g/mol. The van der Waals surface area contributed by atoms with Gasteiger partial charge in [-0.1, -0.05) is 0 Å². The number of halogens is 9. The first-order valence-corrected chi connectivity index (χ1v) is 4.09. The van der Waals surface area contributed by atoms with E-state index in [9.17, 15) is 44.3 Å². The van der Waals surface area contributed by atoms with E-state index in [4.69, 9.17) is 5.11 Å². The molecule has 0 amide bonds. The van der Waals surface area contributed by atoms with E-state index in [1.165, 1.54) is 0 Å². The molecule has 0 unspecified atom stereocenters. The lowest BCUT2D eigenvalue weighted by Gasteiger charge is -2.55. The second kappa shape index (κ2) is 3.31. The van der Waals surface area contributed by atoms with Gasteiger partial charge in [0.1, 0.15) is 0 Å². The number of Topliss-reactive ketones (excluding diaryl/α,β-unsaturated/α-hetero) is 1. The molecule has 18 heavy (non-hydrogen) atoms. The van der Waals surface area contributed by atoms with Gasteiger partial charge in [-0.2, -0.15) is 39.5 Å². The highest BCUT2D eigenvalue weighted by Gasteiger charge is 2.98. The molecule has 0 aromatic rings. The fraction of sp³-hybridized carbons (Fsp3) is 0.857. The Morgan fingerprint density at radius 2 is 1.22 bits per heavy atom. The summed E-state index contributed by atoms with van der Waals surface area (Å²) in [6, 6.07) is 0. The molecule has 0 aromatic heterocycles. The molecule has 106 valence electrons. The Labute approximate surface area is 92.4 Å². The predicted molar refractivity (Wildman–Crippen MR) is 35.5 cm³/mol. The minimum atomic E-state index is -6.03. The van der Waals surface area contributed by atoms with E-state index < -0.39 is 41.7 Å². The summed E-state index contributed by atoms with van der Waals surface area (Å²) in [5.74, 6) is -20.9. The Morgan fingerprint density at radius 3 is 1.50 bits per heavy atom. The molecule has 0 aromatic carbocycles. The summed E-state index contributed by atoms with van der Waals surface area (Å²) < 4.78 is 110. The third kappa shape index (κ3) is 1.39. The lowest BCUT2D eigenvalue weighted by Crippen LogP contribution is -2.86. The highest BCUT2D eigenvalue weighted by atomic mass is 19.4. The molecule has 1 aliphatic carbocycles. The van der Waals surface area contributed by atoms with Crippen LogP contribution >= 0.6 is 0 Å². The SMILES string of the molecule is O=C(CC1(O)C(F)(F)C(F)(F)C1(F)F)C(F)(F)F. The fourth-order valence-corrected chi connectivity index (χ4v) is 1.41. The Hall–Kier alpha value is -1.00. The summed E-state index contributed by atoms with van der Waals surface area (Å²) in [5, 5.41) is 8.63. The maximum atomic E-state index is 12.6. The van der Waals surface area contributed by atoms with E-state index in [-0.39, 0.29) is 0 Å². The van der Waals surface area contributed by atoms with Crippen LogP contribution in [0.1, 0.15) is 6.42 Å². The minimum absolute atomic E-state index is 2.86. The van der Waals surface area contributed by atoms with E-state index in [2.05, 4.69) is 0 Å². The van der Waals surface area contributed by atoms with Gasteiger partial charge >= 0.3 is 23.9 Å². The third-order valence-corrected chi connectivity index (χ3v) is 2.56. The Balaban J connectivity index is 3.12. The standard InChI is InChI=1S/C7H3F9O2/c8-4(9,10)2(17)1-3(18)5(11,12)7(15,16)6(3,13)14/h18H,1H2. The molecule has 0 aliphatic heterocycles. The number of aliphatic hydroxyl groups is 1. The monoisotopic (exact) mass is 290 g/mol. The highest BCUT2D eigenvalue weighted by molar-refractivity contribution is 5.85. The van der Waals surface area contributed by atoms with Gasteiger partial charge in [0.05, 0.1) is 6.42 Å². The van der Waals surface area contributed by atoms with Gasteiger partial charge in [0.15, 0.2) is 0 Å². The molecule has 1 saturated carbocycles. The zero-order valence-corrected chi connectivity index (χ0v) is 7.96. The fourth-order valence-electron chi connectivity index (χ4n) is 1.41. The molecule has 1 N–H and O–H groups in total. The van der Waals surface area contributed by atoms with Crippen molar-refractivity contribution in [2.45, 2.75) is 36.0 Å². The first-order valence-electron chi connectivity index (χ1n) is 4.09. The van der Waals surface area contributed by atoms with Crippen LogP contribution in [0.15, 0.2) is 0 Å². The average Bonchev–Trinajstić information content (AvgIpc) is 2.13. The zero-order valence-electron chi connectivity index (χ0n) is 7.96. The third-order valence-electron chi connectivity index (χ3n) is 2.56. The normalized spacial score (nSPS) is 27.4. The van der Waals surface area contributed by atoms with Gasteiger partial charge in [0, 0.05) is 0 Å². The van der Waals surface area contributed by atoms with Crippen molar-refractivity contribution in [1.82, 2.24) is 0 Å². The van der Waals surface area contributed by atoms with E-state index >= 15 is 0 Å². The number of hydrogen-bond donors (Lipinski definition) is 1. The van der Waals surface area contributed by atoms with E-state index in [1.54, 1.807) is 0 Å². The largest absolute Gasteiger partial charge is 0.450 e. The maximum absolute atomic E-state index is 12.6. The van der Waals surface area contributed by atoms with E-state index in [0.717, 1.165) is 0 Å². The van der Waals surface area contributed by atoms with Crippen molar-refractivity contribution in [2.75, 3.05) is 0 Å². The quantitative estimate of drug-likeness (QED) is 0.791. The van der Waals surface area contributed by atoms with Crippen molar-refractivity contribution in [1.29, 1.82) is 0 Å². The molecule has 1 aliphatic rings.